The van der Waals surface area contributed by atoms with E-state index in [0.29, 0.717) is 5.92 Å². The van der Waals surface area contributed by atoms with Crippen molar-refractivity contribution in [1.82, 2.24) is 5.32 Å². The summed E-state index contributed by atoms with van der Waals surface area (Å²) in [6.45, 7) is 7.51. The van der Waals surface area contributed by atoms with Gasteiger partial charge in [-0.05, 0) is 61.5 Å². The Morgan fingerprint density at radius 3 is 3.05 bits per heavy atom. The van der Waals surface area contributed by atoms with Gasteiger partial charge < -0.3 is 10.1 Å². The van der Waals surface area contributed by atoms with Crippen molar-refractivity contribution in [2.45, 2.75) is 39.5 Å². The van der Waals surface area contributed by atoms with Gasteiger partial charge in [-0.25, -0.2) is 0 Å². The van der Waals surface area contributed by atoms with Gasteiger partial charge in [-0.1, -0.05) is 25.4 Å². The zero-order chi connectivity index (χ0) is 13.7. The number of halogens is 1. The van der Waals surface area contributed by atoms with E-state index in [1.165, 1.54) is 24.0 Å². The molecule has 1 unspecified atom stereocenters. The van der Waals surface area contributed by atoms with Gasteiger partial charge in [0.2, 0.25) is 0 Å². The van der Waals surface area contributed by atoms with E-state index in [4.69, 9.17) is 16.3 Å². The molecular formula is C16H24ClNO. The van der Waals surface area contributed by atoms with Gasteiger partial charge in [-0.3, -0.25) is 0 Å². The fourth-order valence-corrected chi connectivity index (χ4v) is 2.82. The summed E-state index contributed by atoms with van der Waals surface area (Å²) in [5.74, 6) is 1.78. The summed E-state index contributed by atoms with van der Waals surface area (Å²) in [6.07, 6.45) is 4.42. The van der Waals surface area contributed by atoms with E-state index in [-0.39, 0.29) is 0 Å². The molecule has 2 nitrogen and oxygen atoms in total. The lowest BCUT2D eigenvalue weighted by molar-refractivity contribution is 0.352. The zero-order valence-corrected chi connectivity index (χ0v) is 12.7. The molecule has 1 aliphatic rings. The van der Waals surface area contributed by atoms with Crippen molar-refractivity contribution < 1.29 is 4.74 Å². The lowest BCUT2D eigenvalue weighted by Gasteiger charge is -2.14. The maximum Gasteiger partial charge on any atom is 0.125 e. The molecule has 19 heavy (non-hydrogen) atoms. The van der Waals surface area contributed by atoms with Crippen LogP contribution in [0.3, 0.4) is 0 Å². The summed E-state index contributed by atoms with van der Waals surface area (Å²) in [6, 6.07) is 4.11. The third kappa shape index (κ3) is 4.12. The first kappa shape index (κ1) is 14.7. The highest BCUT2D eigenvalue weighted by Crippen LogP contribution is 2.33. The van der Waals surface area contributed by atoms with Crippen LogP contribution in [0.5, 0.6) is 5.75 Å². The van der Waals surface area contributed by atoms with Crippen molar-refractivity contribution in [1.29, 1.82) is 0 Å². The number of fused-ring (bicyclic) bond motifs is 1. The standard InChI is InChI=1S/C16H24ClNO/c1-3-7-18-11-12(2)4-5-13-9-15(17)10-14-6-8-19-16(13)14/h9-10,12,18H,3-8,11H2,1-2H3. The smallest absolute Gasteiger partial charge is 0.125 e. The summed E-state index contributed by atoms with van der Waals surface area (Å²) in [4.78, 5) is 0. The van der Waals surface area contributed by atoms with E-state index in [1.807, 2.05) is 6.07 Å². The van der Waals surface area contributed by atoms with Gasteiger partial charge in [-0.2, -0.15) is 0 Å². The van der Waals surface area contributed by atoms with Crippen molar-refractivity contribution in [3.63, 3.8) is 0 Å². The average Bonchev–Trinajstić information content (AvgIpc) is 2.84. The highest BCUT2D eigenvalue weighted by atomic mass is 35.5. The topological polar surface area (TPSA) is 21.3 Å². The monoisotopic (exact) mass is 281 g/mol. The van der Waals surface area contributed by atoms with Crippen LogP contribution >= 0.6 is 11.6 Å². The summed E-state index contributed by atoms with van der Waals surface area (Å²) in [5.41, 5.74) is 2.56. The minimum Gasteiger partial charge on any atom is -0.493 e. The normalized spacial score (nSPS) is 15.1. The van der Waals surface area contributed by atoms with Gasteiger partial charge in [0.15, 0.2) is 0 Å². The molecule has 1 aromatic carbocycles. The second-order valence-corrected chi connectivity index (χ2v) is 5.94. The SMILES string of the molecule is CCCNCC(C)CCc1cc(Cl)cc2c1OCC2. The molecule has 1 aliphatic heterocycles. The van der Waals surface area contributed by atoms with Crippen LogP contribution in [0.2, 0.25) is 5.02 Å². The van der Waals surface area contributed by atoms with Crippen LogP contribution < -0.4 is 10.1 Å². The van der Waals surface area contributed by atoms with Gasteiger partial charge >= 0.3 is 0 Å². The van der Waals surface area contributed by atoms with Crippen molar-refractivity contribution in [3.8, 4) is 5.75 Å². The lowest BCUT2D eigenvalue weighted by atomic mass is 9.98. The molecule has 2 rings (SSSR count). The molecular weight excluding hydrogens is 258 g/mol. The molecule has 0 bridgehead atoms. The van der Waals surface area contributed by atoms with Crippen LogP contribution in [-0.4, -0.2) is 19.7 Å². The molecule has 3 heteroatoms. The number of nitrogens with one attached hydrogen (secondary N) is 1. The average molecular weight is 282 g/mol. The van der Waals surface area contributed by atoms with Crippen molar-refractivity contribution in [3.05, 3.63) is 28.3 Å². The molecule has 0 aliphatic carbocycles. The maximum absolute atomic E-state index is 6.18. The quantitative estimate of drug-likeness (QED) is 0.767. The molecule has 106 valence electrons. The summed E-state index contributed by atoms with van der Waals surface area (Å²) < 4.78 is 5.74. The number of hydrogen-bond donors (Lipinski definition) is 1. The first-order chi connectivity index (χ1) is 9.20. The van der Waals surface area contributed by atoms with Crippen LogP contribution in [0.25, 0.3) is 0 Å². The van der Waals surface area contributed by atoms with Gasteiger partial charge in [0, 0.05) is 11.4 Å². The van der Waals surface area contributed by atoms with Gasteiger partial charge in [0.05, 0.1) is 6.61 Å². The molecule has 1 N–H and O–H groups in total. The van der Waals surface area contributed by atoms with E-state index >= 15 is 0 Å². The molecule has 1 aromatic rings. The minimum atomic E-state index is 0.683. The molecule has 0 aromatic heterocycles. The number of hydrogen-bond acceptors (Lipinski definition) is 2. The number of aryl methyl sites for hydroxylation is 1. The first-order valence-electron chi connectivity index (χ1n) is 7.35. The molecule has 1 atom stereocenters. The Labute approximate surface area is 121 Å². The molecule has 1 heterocycles. The molecule has 0 saturated carbocycles. The zero-order valence-electron chi connectivity index (χ0n) is 12.0. The Hall–Kier alpha value is -0.730. The molecule has 0 saturated heterocycles. The van der Waals surface area contributed by atoms with E-state index < -0.39 is 0 Å². The highest BCUT2D eigenvalue weighted by molar-refractivity contribution is 6.30. The van der Waals surface area contributed by atoms with E-state index in [2.05, 4.69) is 25.2 Å². The van der Waals surface area contributed by atoms with Crippen molar-refractivity contribution in [2.24, 2.45) is 5.92 Å². The first-order valence-corrected chi connectivity index (χ1v) is 7.73. The Morgan fingerprint density at radius 2 is 2.26 bits per heavy atom. The molecule has 0 amide bonds. The van der Waals surface area contributed by atoms with E-state index in [9.17, 15) is 0 Å². The minimum absolute atomic E-state index is 0.683. The van der Waals surface area contributed by atoms with Gasteiger partial charge in [0.25, 0.3) is 0 Å². The molecule has 0 spiro atoms. The van der Waals surface area contributed by atoms with Crippen LogP contribution in [0, 0.1) is 5.92 Å². The molecule has 0 fully saturated rings. The summed E-state index contributed by atoms with van der Waals surface area (Å²) in [7, 11) is 0. The van der Waals surface area contributed by atoms with Crippen LogP contribution in [0.4, 0.5) is 0 Å². The van der Waals surface area contributed by atoms with Gasteiger partial charge in [0.1, 0.15) is 5.75 Å². The van der Waals surface area contributed by atoms with Crippen LogP contribution in [-0.2, 0) is 12.8 Å². The molecule has 0 radical (unpaired) electrons. The Balaban J connectivity index is 1.89. The second-order valence-electron chi connectivity index (χ2n) is 5.50. The Kier molecular flexibility index (Phi) is 5.53. The van der Waals surface area contributed by atoms with Crippen LogP contribution in [0.1, 0.15) is 37.8 Å². The fourth-order valence-electron chi connectivity index (χ4n) is 2.56. The number of benzene rings is 1. The highest BCUT2D eigenvalue weighted by Gasteiger charge is 2.17. The fraction of sp³-hybridized carbons (Fsp3) is 0.625. The van der Waals surface area contributed by atoms with E-state index in [1.54, 1.807) is 0 Å². The Bertz CT molecular complexity index is 419. The number of ether oxygens (including phenoxy) is 1. The van der Waals surface area contributed by atoms with E-state index in [0.717, 1.165) is 43.3 Å². The second kappa shape index (κ2) is 7.16. The largest absolute Gasteiger partial charge is 0.493 e. The maximum atomic E-state index is 6.18. The number of rotatable bonds is 7. The van der Waals surface area contributed by atoms with Crippen LogP contribution in [0.15, 0.2) is 12.1 Å². The third-order valence-corrected chi connectivity index (χ3v) is 3.87. The summed E-state index contributed by atoms with van der Waals surface area (Å²) >= 11 is 6.18. The van der Waals surface area contributed by atoms with Gasteiger partial charge in [-0.15, -0.1) is 0 Å². The summed E-state index contributed by atoms with van der Waals surface area (Å²) in [5, 5.41) is 4.32. The van der Waals surface area contributed by atoms with Crippen molar-refractivity contribution in [2.75, 3.05) is 19.7 Å². The third-order valence-electron chi connectivity index (χ3n) is 3.65. The lowest BCUT2D eigenvalue weighted by Crippen LogP contribution is -2.22. The Morgan fingerprint density at radius 1 is 1.42 bits per heavy atom. The predicted octanol–water partition coefficient (Wildman–Crippen LogP) is 3.84. The predicted molar refractivity (Wildman–Crippen MR) is 81.3 cm³/mol. The van der Waals surface area contributed by atoms with Crippen molar-refractivity contribution >= 4 is 11.6 Å².